The SMILES string of the molecule is COCCN(C)c1ccc(N=C2C(C)=Nn3c2nc(C(C)C)c(C)c3=O)c(C)c1. The lowest BCUT2D eigenvalue weighted by Gasteiger charge is -2.19. The third-order valence-electron chi connectivity index (χ3n) is 5.16. The maximum absolute atomic E-state index is 12.7. The largest absolute Gasteiger partial charge is 0.383 e. The van der Waals surface area contributed by atoms with Gasteiger partial charge in [0.25, 0.3) is 5.56 Å². The Labute approximate surface area is 171 Å². The van der Waals surface area contributed by atoms with Crippen molar-refractivity contribution in [3.63, 3.8) is 0 Å². The number of nitrogens with zero attached hydrogens (tertiary/aromatic N) is 5. The molecule has 7 nitrogen and oxygen atoms in total. The minimum absolute atomic E-state index is 0.130. The Balaban J connectivity index is 2.03. The molecule has 0 spiro atoms. The zero-order valence-corrected chi connectivity index (χ0v) is 18.3. The highest BCUT2D eigenvalue weighted by molar-refractivity contribution is 6.48. The molecule has 0 radical (unpaired) electrons. The molecule has 29 heavy (non-hydrogen) atoms. The molecule has 3 rings (SSSR count). The molecule has 2 aromatic rings. The Morgan fingerprint density at radius 3 is 2.59 bits per heavy atom. The fourth-order valence-corrected chi connectivity index (χ4v) is 3.39. The molecule has 1 aromatic carbocycles. The average molecular weight is 396 g/mol. The zero-order chi connectivity index (χ0) is 21.3. The fraction of sp³-hybridized carbons (Fsp3) is 0.455. The van der Waals surface area contributed by atoms with Gasteiger partial charge >= 0.3 is 0 Å². The van der Waals surface area contributed by atoms with Crippen LogP contribution in [0.5, 0.6) is 0 Å². The topological polar surface area (TPSA) is 72.1 Å². The van der Waals surface area contributed by atoms with Crippen LogP contribution in [0.15, 0.2) is 33.1 Å². The predicted octanol–water partition coefficient (Wildman–Crippen LogP) is 3.42. The highest BCUT2D eigenvalue weighted by Gasteiger charge is 2.26. The molecule has 0 N–H and O–H groups in total. The molecular formula is C22H29N5O2. The molecule has 0 bridgehead atoms. The first kappa shape index (κ1) is 20.9. The van der Waals surface area contributed by atoms with E-state index in [1.807, 2.05) is 46.9 Å². The molecule has 1 aliphatic rings. The molecule has 0 amide bonds. The molecule has 0 atom stereocenters. The Hall–Kier alpha value is -2.80. The molecule has 7 heteroatoms. The second-order valence-corrected chi connectivity index (χ2v) is 7.75. The summed E-state index contributed by atoms with van der Waals surface area (Å²) in [6.45, 7) is 11.3. The summed E-state index contributed by atoms with van der Waals surface area (Å²) in [5.74, 6) is 0.668. The van der Waals surface area contributed by atoms with Gasteiger partial charge in [0.1, 0.15) is 5.71 Å². The van der Waals surface area contributed by atoms with Crippen LogP contribution in [0.1, 0.15) is 49.3 Å². The maximum Gasteiger partial charge on any atom is 0.277 e. The molecule has 0 saturated carbocycles. The van der Waals surface area contributed by atoms with E-state index in [4.69, 9.17) is 14.7 Å². The summed E-state index contributed by atoms with van der Waals surface area (Å²) in [6, 6.07) is 6.14. The van der Waals surface area contributed by atoms with Crippen LogP contribution in [0.25, 0.3) is 0 Å². The van der Waals surface area contributed by atoms with Gasteiger partial charge in [0.05, 0.1) is 23.7 Å². The van der Waals surface area contributed by atoms with Gasteiger partial charge < -0.3 is 9.64 Å². The van der Waals surface area contributed by atoms with E-state index in [0.717, 1.165) is 29.2 Å². The number of methoxy groups -OCH3 is 1. The molecule has 1 aliphatic heterocycles. The van der Waals surface area contributed by atoms with Gasteiger partial charge in [-0.3, -0.25) is 4.79 Å². The number of fused-ring (bicyclic) bond motifs is 1. The third kappa shape index (κ3) is 4.00. The van der Waals surface area contributed by atoms with Crippen LogP contribution in [-0.4, -0.2) is 48.4 Å². The lowest BCUT2D eigenvalue weighted by molar-refractivity contribution is 0.206. The van der Waals surface area contributed by atoms with Crippen molar-refractivity contribution in [2.24, 2.45) is 10.1 Å². The predicted molar refractivity (Wildman–Crippen MR) is 118 cm³/mol. The van der Waals surface area contributed by atoms with Gasteiger partial charge in [0.15, 0.2) is 5.82 Å². The summed E-state index contributed by atoms with van der Waals surface area (Å²) in [6.07, 6.45) is 0. The highest BCUT2D eigenvalue weighted by atomic mass is 16.5. The number of rotatable bonds is 6. The van der Waals surface area contributed by atoms with Crippen molar-refractivity contribution in [2.45, 2.75) is 40.5 Å². The Kier molecular flexibility index (Phi) is 5.98. The minimum Gasteiger partial charge on any atom is -0.383 e. The zero-order valence-electron chi connectivity index (χ0n) is 18.3. The number of hydrogen-bond donors (Lipinski definition) is 0. The summed E-state index contributed by atoms with van der Waals surface area (Å²) >= 11 is 0. The third-order valence-corrected chi connectivity index (χ3v) is 5.16. The number of benzene rings is 1. The van der Waals surface area contributed by atoms with E-state index in [-0.39, 0.29) is 11.5 Å². The van der Waals surface area contributed by atoms with Gasteiger partial charge in [-0.15, -0.1) is 0 Å². The van der Waals surface area contributed by atoms with Gasteiger partial charge in [-0.05, 0) is 50.5 Å². The van der Waals surface area contributed by atoms with E-state index in [1.165, 1.54) is 4.68 Å². The molecule has 0 unspecified atom stereocenters. The Bertz CT molecular complexity index is 1050. The summed E-state index contributed by atoms with van der Waals surface area (Å²) in [4.78, 5) is 24.5. The molecule has 1 aromatic heterocycles. The van der Waals surface area contributed by atoms with E-state index < -0.39 is 0 Å². The number of likely N-dealkylation sites (N-methyl/N-ethyl adjacent to an activating group) is 1. The quantitative estimate of drug-likeness (QED) is 0.751. The van der Waals surface area contributed by atoms with Crippen molar-refractivity contribution in [1.29, 1.82) is 0 Å². The van der Waals surface area contributed by atoms with Crippen LogP contribution < -0.4 is 10.5 Å². The van der Waals surface area contributed by atoms with Crippen molar-refractivity contribution >= 4 is 22.8 Å². The lowest BCUT2D eigenvalue weighted by Crippen LogP contribution is -2.26. The summed E-state index contributed by atoms with van der Waals surface area (Å²) < 4.78 is 6.53. The van der Waals surface area contributed by atoms with E-state index in [0.29, 0.717) is 29.4 Å². The Morgan fingerprint density at radius 1 is 1.24 bits per heavy atom. The monoisotopic (exact) mass is 395 g/mol. The van der Waals surface area contributed by atoms with Crippen LogP contribution in [-0.2, 0) is 4.74 Å². The first-order valence-electron chi connectivity index (χ1n) is 9.83. The first-order chi connectivity index (χ1) is 13.7. The van der Waals surface area contributed by atoms with E-state index in [9.17, 15) is 4.79 Å². The van der Waals surface area contributed by atoms with E-state index in [2.05, 4.69) is 16.1 Å². The molecule has 0 saturated heterocycles. The van der Waals surface area contributed by atoms with Gasteiger partial charge in [-0.25, -0.2) is 9.98 Å². The van der Waals surface area contributed by atoms with Gasteiger partial charge in [-0.2, -0.15) is 9.78 Å². The number of aliphatic imine (C=N–C) groups is 1. The fourth-order valence-electron chi connectivity index (χ4n) is 3.39. The van der Waals surface area contributed by atoms with Crippen molar-refractivity contribution in [2.75, 3.05) is 32.2 Å². The maximum atomic E-state index is 12.7. The second kappa shape index (κ2) is 8.29. The van der Waals surface area contributed by atoms with Crippen LogP contribution in [0.3, 0.4) is 0 Å². The smallest absolute Gasteiger partial charge is 0.277 e. The van der Waals surface area contributed by atoms with Crippen LogP contribution in [0.2, 0.25) is 0 Å². The summed E-state index contributed by atoms with van der Waals surface area (Å²) in [5, 5.41) is 4.41. The van der Waals surface area contributed by atoms with Crippen molar-refractivity contribution in [1.82, 2.24) is 9.66 Å². The molecule has 0 fully saturated rings. The number of aromatic nitrogens is 2. The highest BCUT2D eigenvalue weighted by Crippen LogP contribution is 2.26. The molecule has 154 valence electrons. The summed E-state index contributed by atoms with van der Waals surface area (Å²) in [5.41, 5.74) is 5.63. The second-order valence-electron chi connectivity index (χ2n) is 7.75. The van der Waals surface area contributed by atoms with Crippen molar-refractivity contribution < 1.29 is 4.74 Å². The van der Waals surface area contributed by atoms with Crippen LogP contribution in [0.4, 0.5) is 11.4 Å². The standard InChI is InChI=1S/C22H29N5O2/c1-13(2)19-15(4)22(28)27-21(24-19)20(16(5)25-27)23-18-9-8-17(12-14(18)3)26(6)10-11-29-7/h8-9,12-13H,10-11H2,1-7H3. The van der Waals surface area contributed by atoms with Crippen molar-refractivity contribution in [3.8, 4) is 0 Å². The van der Waals surface area contributed by atoms with Gasteiger partial charge in [-0.1, -0.05) is 13.8 Å². The normalized spacial score (nSPS) is 14.5. The van der Waals surface area contributed by atoms with E-state index in [1.54, 1.807) is 14.0 Å². The van der Waals surface area contributed by atoms with Gasteiger partial charge in [0.2, 0.25) is 0 Å². The van der Waals surface area contributed by atoms with Gasteiger partial charge in [0, 0.05) is 32.0 Å². The average Bonchev–Trinajstić information content (AvgIpc) is 2.99. The van der Waals surface area contributed by atoms with Crippen LogP contribution >= 0.6 is 0 Å². The number of ether oxygens (including phenoxy) is 1. The number of aryl methyl sites for hydroxylation is 1. The minimum atomic E-state index is -0.130. The van der Waals surface area contributed by atoms with Crippen molar-refractivity contribution in [3.05, 3.63) is 51.2 Å². The van der Waals surface area contributed by atoms with E-state index >= 15 is 0 Å². The summed E-state index contributed by atoms with van der Waals surface area (Å²) in [7, 11) is 3.74. The first-order valence-corrected chi connectivity index (χ1v) is 9.83. The molecule has 2 heterocycles. The Morgan fingerprint density at radius 2 is 1.97 bits per heavy atom. The number of anilines is 1. The van der Waals surface area contributed by atoms with Crippen LogP contribution in [0, 0.1) is 13.8 Å². The lowest BCUT2D eigenvalue weighted by atomic mass is 10.1. The molecule has 0 aliphatic carbocycles. The molecular weight excluding hydrogens is 366 g/mol. The number of hydrogen-bond acceptors (Lipinski definition) is 6.